The first kappa shape index (κ1) is 22.6. The van der Waals surface area contributed by atoms with Crippen molar-refractivity contribution in [3.8, 4) is 0 Å². The van der Waals surface area contributed by atoms with Gasteiger partial charge in [-0.3, -0.25) is 9.59 Å². The SMILES string of the molecule is O=C(NCC(=O)N1CCN(c2ccccc2)CC1)Nc1ccc(C(=O)NC2CCCC2)cc1. The lowest BCUT2D eigenvalue weighted by atomic mass is 10.1. The van der Waals surface area contributed by atoms with Crippen LogP contribution >= 0.6 is 0 Å². The number of anilines is 2. The Balaban J connectivity index is 1.18. The van der Waals surface area contributed by atoms with Gasteiger partial charge in [0.2, 0.25) is 5.91 Å². The minimum atomic E-state index is -0.450. The van der Waals surface area contributed by atoms with E-state index >= 15 is 0 Å². The molecule has 1 saturated heterocycles. The molecule has 0 bridgehead atoms. The lowest BCUT2D eigenvalue weighted by molar-refractivity contribution is -0.130. The van der Waals surface area contributed by atoms with E-state index in [2.05, 4.69) is 33.0 Å². The fourth-order valence-electron chi connectivity index (χ4n) is 4.34. The summed E-state index contributed by atoms with van der Waals surface area (Å²) in [5.74, 6) is -0.187. The predicted molar refractivity (Wildman–Crippen MR) is 128 cm³/mol. The van der Waals surface area contributed by atoms with Gasteiger partial charge in [0.1, 0.15) is 0 Å². The van der Waals surface area contributed by atoms with Crippen molar-refractivity contribution in [3.63, 3.8) is 0 Å². The summed E-state index contributed by atoms with van der Waals surface area (Å²) in [5.41, 5.74) is 2.29. The molecule has 8 heteroatoms. The zero-order chi connectivity index (χ0) is 23.0. The summed E-state index contributed by atoms with van der Waals surface area (Å²) in [6, 6.07) is 16.7. The van der Waals surface area contributed by atoms with Gasteiger partial charge in [-0.25, -0.2) is 4.79 Å². The van der Waals surface area contributed by atoms with Crippen molar-refractivity contribution in [1.29, 1.82) is 0 Å². The molecule has 0 spiro atoms. The number of carbonyl (C=O) groups is 3. The van der Waals surface area contributed by atoms with Crippen molar-refractivity contribution >= 4 is 29.2 Å². The lowest BCUT2D eigenvalue weighted by Gasteiger charge is -2.36. The molecule has 8 nitrogen and oxygen atoms in total. The third kappa shape index (κ3) is 6.25. The van der Waals surface area contributed by atoms with Gasteiger partial charge in [0.25, 0.3) is 5.91 Å². The summed E-state index contributed by atoms with van der Waals surface area (Å²) in [4.78, 5) is 41.0. The monoisotopic (exact) mass is 449 g/mol. The molecular formula is C25H31N5O3. The number of amides is 4. The van der Waals surface area contributed by atoms with Crippen LogP contribution in [0.2, 0.25) is 0 Å². The number of nitrogens with zero attached hydrogens (tertiary/aromatic N) is 2. The summed E-state index contributed by atoms with van der Waals surface area (Å²) in [6.07, 6.45) is 4.39. The summed E-state index contributed by atoms with van der Waals surface area (Å²) in [6.45, 7) is 2.73. The molecule has 4 rings (SSSR count). The maximum atomic E-state index is 12.5. The Labute approximate surface area is 194 Å². The maximum absolute atomic E-state index is 12.5. The Kier molecular flexibility index (Phi) is 7.44. The minimum absolute atomic E-state index is 0.0565. The average Bonchev–Trinajstić information content (AvgIpc) is 3.37. The highest BCUT2D eigenvalue weighted by Gasteiger charge is 2.21. The number of nitrogens with one attached hydrogen (secondary N) is 3. The van der Waals surface area contributed by atoms with E-state index in [1.165, 1.54) is 0 Å². The quantitative estimate of drug-likeness (QED) is 0.632. The van der Waals surface area contributed by atoms with Crippen LogP contribution in [0.1, 0.15) is 36.0 Å². The number of para-hydroxylation sites is 1. The van der Waals surface area contributed by atoms with Crippen molar-refractivity contribution < 1.29 is 14.4 Å². The number of rotatable bonds is 6. The van der Waals surface area contributed by atoms with Crippen LogP contribution in [0.5, 0.6) is 0 Å². The molecule has 1 saturated carbocycles. The Bertz CT molecular complexity index is 950. The second-order valence-corrected chi connectivity index (χ2v) is 8.54. The minimum Gasteiger partial charge on any atom is -0.368 e. The summed E-state index contributed by atoms with van der Waals surface area (Å²) in [5, 5.41) is 8.38. The van der Waals surface area contributed by atoms with E-state index in [0.29, 0.717) is 24.3 Å². The summed E-state index contributed by atoms with van der Waals surface area (Å²) in [7, 11) is 0. The maximum Gasteiger partial charge on any atom is 0.319 e. The van der Waals surface area contributed by atoms with Crippen molar-refractivity contribution in [2.75, 3.05) is 42.9 Å². The molecule has 0 unspecified atom stereocenters. The molecule has 3 N–H and O–H groups in total. The number of benzene rings is 2. The van der Waals surface area contributed by atoms with Crippen LogP contribution < -0.4 is 20.9 Å². The fourth-order valence-corrected chi connectivity index (χ4v) is 4.34. The first-order valence-corrected chi connectivity index (χ1v) is 11.6. The molecule has 4 amide bonds. The van der Waals surface area contributed by atoms with E-state index < -0.39 is 6.03 Å². The molecule has 33 heavy (non-hydrogen) atoms. The molecule has 0 radical (unpaired) electrons. The van der Waals surface area contributed by atoms with Crippen molar-refractivity contribution in [2.45, 2.75) is 31.7 Å². The van der Waals surface area contributed by atoms with E-state index in [-0.39, 0.29) is 24.4 Å². The first-order valence-electron chi connectivity index (χ1n) is 11.6. The molecule has 1 aliphatic heterocycles. The van der Waals surface area contributed by atoms with Crippen LogP contribution in [0, 0.1) is 0 Å². The molecule has 174 valence electrons. The fraction of sp³-hybridized carbons (Fsp3) is 0.400. The van der Waals surface area contributed by atoms with Gasteiger partial charge in [0, 0.05) is 49.2 Å². The smallest absolute Gasteiger partial charge is 0.319 e. The van der Waals surface area contributed by atoms with Gasteiger partial charge in [-0.2, -0.15) is 0 Å². The third-order valence-electron chi connectivity index (χ3n) is 6.25. The Morgan fingerprint density at radius 2 is 1.52 bits per heavy atom. The second kappa shape index (κ2) is 10.8. The largest absolute Gasteiger partial charge is 0.368 e. The highest BCUT2D eigenvalue weighted by Crippen LogP contribution is 2.19. The number of carbonyl (C=O) groups excluding carboxylic acids is 3. The van der Waals surface area contributed by atoms with Crippen LogP contribution in [0.15, 0.2) is 54.6 Å². The van der Waals surface area contributed by atoms with Crippen LogP contribution in [0.3, 0.4) is 0 Å². The Morgan fingerprint density at radius 1 is 0.848 bits per heavy atom. The van der Waals surface area contributed by atoms with Crippen LogP contribution in [0.4, 0.5) is 16.2 Å². The predicted octanol–water partition coefficient (Wildman–Crippen LogP) is 2.83. The van der Waals surface area contributed by atoms with Gasteiger partial charge >= 0.3 is 6.03 Å². The molecule has 1 heterocycles. The molecule has 2 aromatic rings. The topological polar surface area (TPSA) is 93.8 Å². The number of urea groups is 1. The van der Waals surface area contributed by atoms with E-state index in [1.807, 2.05) is 18.2 Å². The zero-order valence-corrected chi connectivity index (χ0v) is 18.8. The van der Waals surface area contributed by atoms with E-state index in [1.54, 1.807) is 29.2 Å². The molecule has 1 aliphatic carbocycles. The van der Waals surface area contributed by atoms with Gasteiger partial charge in [-0.1, -0.05) is 31.0 Å². The van der Waals surface area contributed by atoms with E-state index in [4.69, 9.17) is 0 Å². The molecular weight excluding hydrogens is 418 g/mol. The van der Waals surface area contributed by atoms with Gasteiger partial charge in [-0.15, -0.1) is 0 Å². The summed E-state index contributed by atoms with van der Waals surface area (Å²) >= 11 is 0. The normalized spacial score (nSPS) is 16.4. The van der Waals surface area contributed by atoms with Crippen LogP contribution in [-0.4, -0.2) is 61.5 Å². The van der Waals surface area contributed by atoms with Crippen molar-refractivity contribution in [3.05, 3.63) is 60.2 Å². The van der Waals surface area contributed by atoms with Gasteiger partial charge in [0.05, 0.1) is 6.54 Å². The molecule has 2 aromatic carbocycles. The van der Waals surface area contributed by atoms with Crippen LogP contribution in [-0.2, 0) is 4.79 Å². The van der Waals surface area contributed by atoms with Gasteiger partial charge in [-0.05, 0) is 49.2 Å². The van der Waals surface area contributed by atoms with Crippen molar-refractivity contribution in [1.82, 2.24) is 15.5 Å². The lowest BCUT2D eigenvalue weighted by Crippen LogP contribution is -2.51. The Hall–Kier alpha value is -3.55. The van der Waals surface area contributed by atoms with Gasteiger partial charge < -0.3 is 25.8 Å². The number of hydrogen-bond donors (Lipinski definition) is 3. The Morgan fingerprint density at radius 3 is 2.18 bits per heavy atom. The van der Waals surface area contributed by atoms with E-state index in [9.17, 15) is 14.4 Å². The third-order valence-corrected chi connectivity index (χ3v) is 6.25. The highest BCUT2D eigenvalue weighted by atomic mass is 16.2. The average molecular weight is 450 g/mol. The standard InChI is InChI=1S/C25H31N5O3/c31-23(30-16-14-29(15-17-30)22-8-2-1-3-9-22)18-26-25(33)28-21-12-10-19(11-13-21)24(32)27-20-6-4-5-7-20/h1-3,8-13,20H,4-7,14-18H2,(H,27,32)(H2,26,28,33). The highest BCUT2D eigenvalue weighted by molar-refractivity contribution is 5.96. The molecule has 0 atom stereocenters. The molecule has 2 fully saturated rings. The van der Waals surface area contributed by atoms with E-state index in [0.717, 1.165) is 44.5 Å². The van der Waals surface area contributed by atoms with Crippen molar-refractivity contribution in [2.24, 2.45) is 0 Å². The number of hydrogen-bond acceptors (Lipinski definition) is 4. The van der Waals surface area contributed by atoms with Gasteiger partial charge in [0.15, 0.2) is 0 Å². The second-order valence-electron chi connectivity index (χ2n) is 8.54. The first-order chi connectivity index (χ1) is 16.1. The summed E-state index contributed by atoms with van der Waals surface area (Å²) < 4.78 is 0. The molecule has 2 aliphatic rings. The zero-order valence-electron chi connectivity index (χ0n) is 18.8. The molecule has 0 aromatic heterocycles. The number of piperazine rings is 1. The van der Waals surface area contributed by atoms with Crippen LogP contribution in [0.25, 0.3) is 0 Å².